The molecule has 9 heteroatoms. The molecular formula is C20H17N5O4. The fourth-order valence-electron chi connectivity index (χ4n) is 2.72. The Kier molecular flexibility index (Phi) is 4.93. The zero-order valence-corrected chi connectivity index (χ0v) is 15.4. The lowest BCUT2D eigenvalue weighted by Crippen LogP contribution is -2.14. The highest BCUT2D eigenvalue weighted by Crippen LogP contribution is 2.34. The molecule has 2 heterocycles. The van der Waals surface area contributed by atoms with Crippen molar-refractivity contribution in [2.24, 2.45) is 0 Å². The first-order valence-corrected chi connectivity index (χ1v) is 8.75. The van der Waals surface area contributed by atoms with Crippen molar-refractivity contribution in [3.63, 3.8) is 0 Å². The molecule has 2 amide bonds. The standard InChI is InChI=1S/C20H17N5O4/c1-12(26)22-13-3-2-4-14(9-13)24-20-21-8-7-16(25-20)19(27)23-15-5-6-17-18(10-15)29-11-28-17/h2-10H,11H2,1H3,(H,22,26)(H,23,27)(H,21,24,25). The number of hydrogen-bond donors (Lipinski definition) is 3. The average Bonchev–Trinajstić information content (AvgIpc) is 3.16. The van der Waals surface area contributed by atoms with E-state index >= 15 is 0 Å². The van der Waals surface area contributed by atoms with Gasteiger partial charge in [-0.05, 0) is 36.4 Å². The van der Waals surface area contributed by atoms with Crippen LogP contribution in [0.3, 0.4) is 0 Å². The molecule has 29 heavy (non-hydrogen) atoms. The fraction of sp³-hybridized carbons (Fsp3) is 0.100. The van der Waals surface area contributed by atoms with Gasteiger partial charge in [0.25, 0.3) is 5.91 Å². The normalized spacial score (nSPS) is 11.6. The zero-order valence-electron chi connectivity index (χ0n) is 15.4. The number of nitrogens with zero attached hydrogens (tertiary/aromatic N) is 2. The van der Waals surface area contributed by atoms with Crippen LogP contribution in [0.15, 0.2) is 54.7 Å². The molecule has 0 aliphatic carbocycles. The molecule has 1 aliphatic rings. The van der Waals surface area contributed by atoms with Crippen LogP contribution in [0, 0.1) is 0 Å². The Morgan fingerprint density at radius 3 is 2.59 bits per heavy atom. The number of anilines is 4. The SMILES string of the molecule is CC(=O)Nc1cccc(Nc2nccc(C(=O)Nc3ccc4c(c3)OCO4)n2)c1. The van der Waals surface area contributed by atoms with E-state index in [1.54, 1.807) is 42.5 Å². The Bertz CT molecular complexity index is 1090. The second-order valence-corrected chi connectivity index (χ2v) is 6.17. The van der Waals surface area contributed by atoms with E-state index < -0.39 is 0 Å². The third-order valence-corrected chi connectivity index (χ3v) is 3.96. The van der Waals surface area contributed by atoms with Crippen molar-refractivity contribution in [2.75, 3.05) is 22.7 Å². The number of rotatable bonds is 5. The van der Waals surface area contributed by atoms with E-state index in [1.165, 1.54) is 19.2 Å². The number of carbonyl (C=O) groups excluding carboxylic acids is 2. The molecule has 3 aromatic rings. The van der Waals surface area contributed by atoms with Crippen molar-refractivity contribution in [3.8, 4) is 11.5 Å². The molecule has 0 saturated heterocycles. The third-order valence-electron chi connectivity index (χ3n) is 3.96. The minimum absolute atomic E-state index is 0.164. The highest BCUT2D eigenvalue weighted by atomic mass is 16.7. The Labute approximate surface area is 166 Å². The van der Waals surface area contributed by atoms with Gasteiger partial charge in [-0.15, -0.1) is 0 Å². The largest absolute Gasteiger partial charge is 0.454 e. The second-order valence-electron chi connectivity index (χ2n) is 6.17. The second kappa shape index (κ2) is 7.85. The molecule has 0 unspecified atom stereocenters. The molecule has 0 saturated carbocycles. The zero-order chi connectivity index (χ0) is 20.2. The third kappa shape index (κ3) is 4.41. The van der Waals surface area contributed by atoms with E-state index in [0.717, 1.165) is 0 Å². The minimum Gasteiger partial charge on any atom is -0.454 e. The van der Waals surface area contributed by atoms with E-state index in [-0.39, 0.29) is 30.2 Å². The topological polar surface area (TPSA) is 114 Å². The van der Waals surface area contributed by atoms with Crippen molar-refractivity contribution in [2.45, 2.75) is 6.92 Å². The Morgan fingerprint density at radius 1 is 0.931 bits per heavy atom. The van der Waals surface area contributed by atoms with Crippen LogP contribution in [0.1, 0.15) is 17.4 Å². The minimum atomic E-state index is -0.388. The highest BCUT2D eigenvalue weighted by molar-refractivity contribution is 6.03. The van der Waals surface area contributed by atoms with Crippen LogP contribution in [0.5, 0.6) is 11.5 Å². The van der Waals surface area contributed by atoms with E-state index in [1.807, 2.05) is 0 Å². The number of aromatic nitrogens is 2. The predicted molar refractivity (Wildman–Crippen MR) is 107 cm³/mol. The van der Waals surface area contributed by atoms with Gasteiger partial charge in [-0.3, -0.25) is 9.59 Å². The first-order valence-electron chi connectivity index (χ1n) is 8.75. The maximum atomic E-state index is 12.5. The lowest BCUT2D eigenvalue weighted by molar-refractivity contribution is -0.114. The molecule has 1 aliphatic heterocycles. The lowest BCUT2D eigenvalue weighted by Gasteiger charge is -2.09. The van der Waals surface area contributed by atoms with Gasteiger partial charge in [0.1, 0.15) is 5.69 Å². The van der Waals surface area contributed by atoms with Crippen molar-refractivity contribution < 1.29 is 19.1 Å². The molecule has 3 N–H and O–H groups in total. The summed E-state index contributed by atoms with van der Waals surface area (Å²) in [6.45, 7) is 1.60. The van der Waals surface area contributed by atoms with E-state index in [0.29, 0.717) is 28.6 Å². The van der Waals surface area contributed by atoms with Crippen molar-refractivity contribution in [1.82, 2.24) is 9.97 Å². The first-order chi connectivity index (χ1) is 14.1. The molecule has 4 rings (SSSR count). The van der Waals surface area contributed by atoms with Crippen molar-refractivity contribution in [1.29, 1.82) is 0 Å². The van der Waals surface area contributed by atoms with Crippen LogP contribution in [0.4, 0.5) is 23.0 Å². The number of fused-ring (bicyclic) bond motifs is 1. The van der Waals surface area contributed by atoms with E-state index in [9.17, 15) is 9.59 Å². The molecule has 0 radical (unpaired) electrons. The average molecular weight is 391 g/mol. The van der Waals surface area contributed by atoms with Gasteiger partial charge in [0, 0.05) is 36.2 Å². The Hall–Kier alpha value is -4.14. The van der Waals surface area contributed by atoms with Gasteiger partial charge in [-0.25, -0.2) is 9.97 Å². The van der Waals surface area contributed by atoms with Crippen LogP contribution in [0.2, 0.25) is 0 Å². The molecule has 1 aromatic heterocycles. The van der Waals surface area contributed by atoms with E-state index in [4.69, 9.17) is 9.47 Å². The molecule has 0 bridgehead atoms. The summed E-state index contributed by atoms with van der Waals surface area (Å²) in [7, 11) is 0. The molecule has 0 fully saturated rings. The number of amides is 2. The monoisotopic (exact) mass is 391 g/mol. The molecule has 9 nitrogen and oxygen atoms in total. The quantitative estimate of drug-likeness (QED) is 0.612. The van der Waals surface area contributed by atoms with Gasteiger partial charge >= 0.3 is 0 Å². The molecular weight excluding hydrogens is 374 g/mol. The molecule has 2 aromatic carbocycles. The summed E-state index contributed by atoms with van der Waals surface area (Å²) in [5, 5.41) is 8.49. The molecule has 146 valence electrons. The van der Waals surface area contributed by atoms with Crippen molar-refractivity contribution in [3.05, 3.63) is 60.4 Å². The summed E-state index contributed by atoms with van der Waals surface area (Å²) in [6, 6.07) is 13.7. The first kappa shape index (κ1) is 18.2. The molecule has 0 spiro atoms. The summed E-state index contributed by atoms with van der Waals surface area (Å²) >= 11 is 0. The Morgan fingerprint density at radius 2 is 1.72 bits per heavy atom. The van der Waals surface area contributed by atoms with Gasteiger partial charge in [-0.2, -0.15) is 0 Å². The predicted octanol–water partition coefficient (Wildman–Crippen LogP) is 3.16. The molecule has 0 atom stereocenters. The van der Waals surface area contributed by atoms with Crippen molar-refractivity contribution >= 4 is 34.8 Å². The summed E-state index contributed by atoms with van der Waals surface area (Å²) in [4.78, 5) is 32.1. The van der Waals surface area contributed by atoms with Gasteiger partial charge in [-0.1, -0.05) is 6.07 Å². The van der Waals surface area contributed by atoms with Gasteiger partial charge in [0.05, 0.1) is 0 Å². The van der Waals surface area contributed by atoms with E-state index in [2.05, 4.69) is 25.9 Å². The number of benzene rings is 2. The highest BCUT2D eigenvalue weighted by Gasteiger charge is 2.15. The fourth-order valence-corrected chi connectivity index (χ4v) is 2.72. The van der Waals surface area contributed by atoms with Crippen LogP contribution >= 0.6 is 0 Å². The maximum Gasteiger partial charge on any atom is 0.274 e. The lowest BCUT2D eigenvalue weighted by atomic mass is 10.2. The maximum absolute atomic E-state index is 12.5. The smallest absolute Gasteiger partial charge is 0.274 e. The van der Waals surface area contributed by atoms with Crippen LogP contribution in [-0.4, -0.2) is 28.6 Å². The summed E-state index contributed by atoms with van der Waals surface area (Å²) in [5.41, 5.74) is 2.07. The summed E-state index contributed by atoms with van der Waals surface area (Å²) in [6.07, 6.45) is 1.49. The number of nitrogens with one attached hydrogen (secondary N) is 3. The van der Waals surface area contributed by atoms with Gasteiger partial charge < -0.3 is 25.4 Å². The number of carbonyl (C=O) groups is 2. The number of hydrogen-bond acceptors (Lipinski definition) is 7. The van der Waals surface area contributed by atoms with Gasteiger partial charge in [0.2, 0.25) is 18.6 Å². The summed E-state index contributed by atoms with van der Waals surface area (Å²) in [5.74, 6) is 0.912. The van der Waals surface area contributed by atoms with Crippen LogP contribution < -0.4 is 25.4 Å². The van der Waals surface area contributed by atoms with Crippen LogP contribution in [-0.2, 0) is 4.79 Å². The number of ether oxygens (including phenoxy) is 2. The summed E-state index contributed by atoms with van der Waals surface area (Å²) < 4.78 is 10.6. The Balaban J connectivity index is 1.47. The van der Waals surface area contributed by atoms with Gasteiger partial charge in [0.15, 0.2) is 11.5 Å². The van der Waals surface area contributed by atoms with Crippen LogP contribution in [0.25, 0.3) is 0 Å².